The molecule has 0 aromatic heterocycles. The van der Waals surface area contributed by atoms with Crippen molar-refractivity contribution >= 4 is 10.0 Å². The van der Waals surface area contributed by atoms with Crippen LogP contribution in [-0.2, 0) is 20.5 Å². The molecule has 0 saturated carbocycles. The Morgan fingerprint density at radius 3 is 2.67 bits per heavy atom. The SMILES string of the molecule is CC1CN(S(=O)(=O)Cc2ccc(F)cc2)CCO1. The average molecular weight is 273 g/mol. The zero-order valence-corrected chi connectivity index (χ0v) is 11.0. The van der Waals surface area contributed by atoms with Crippen molar-refractivity contribution in [1.82, 2.24) is 4.31 Å². The first-order valence-electron chi connectivity index (χ1n) is 5.81. The molecule has 1 aliphatic rings. The van der Waals surface area contributed by atoms with Gasteiger partial charge < -0.3 is 4.74 Å². The highest BCUT2D eigenvalue weighted by molar-refractivity contribution is 7.88. The Balaban J connectivity index is 2.09. The lowest BCUT2D eigenvalue weighted by Gasteiger charge is -2.30. The predicted octanol–water partition coefficient (Wildman–Crippen LogP) is 1.38. The van der Waals surface area contributed by atoms with E-state index in [1.807, 2.05) is 6.92 Å². The van der Waals surface area contributed by atoms with Gasteiger partial charge in [0, 0.05) is 13.1 Å². The maximum atomic E-state index is 12.7. The zero-order chi connectivity index (χ0) is 13.2. The van der Waals surface area contributed by atoms with Gasteiger partial charge in [0.25, 0.3) is 0 Å². The minimum atomic E-state index is -3.35. The van der Waals surface area contributed by atoms with Crippen LogP contribution in [0.25, 0.3) is 0 Å². The number of nitrogens with zero attached hydrogens (tertiary/aromatic N) is 1. The Hall–Kier alpha value is -0.980. The first-order chi connectivity index (χ1) is 8.47. The van der Waals surface area contributed by atoms with Gasteiger partial charge in [-0.05, 0) is 24.6 Å². The molecule has 1 saturated heterocycles. The third-order valence-corrected chi connectivity index (χ3v) is 4.68. The summed E-state index contributed by atoms with van der Waals surface area (Å²) in [6, 6.07) is 5.53. The smallest absolute Gasteiger partial charge is 0.218 e. The first-order valence-corrected chi connectivity index (χ1v) is 7.42. The number of ether oxygens (including phenoxy) is 1. The van der Waals surface area contributed by atoms with Crippen LogP contribution in [0.15, 0.2) is 24.3 Å². The van der Waals surface area contributed by atoms with Gasteiger partial charge in [-0.2, -0.15) is 4.31 Å². The van der Waals surface area contributed by atoms with E-state index in [2.05, 4.69) is 0 Å². The summed E-state index contributed by atoms with van der Waals surface area (Å²) in [5.74, 6) is -0.462. The lowest BCUT2D eigenvalue weighted by Crippen LogP contribution is -2.44. The van der Waals surface area contributed by atoms with E-state index >= 15 is 0 Å². The summed E-state index contributed by atoms with van der Waals surface area (Å²) in [6.07, 6.45) is -0.0817. The van der Waals surface area contributed by atoms with Crippen molar-refractivity contribution < 1.29 is 17.5 Å². The Morgan fingerprint density at radius 2 is 2.06 bits per heavy atom. The fourth-order valence-electron chi connectivity index (χ4n) is 1.92. The molecule has 1 fully saturated rings. The number of hydrogen-bond acceptors (Lipinski definition) is 3. The van der Waals surface area contributed by atoms with Crippen LogP contribution < -0.4 is 0 Å². The number of halogens is 1. The lowest BCUT2D eigenvalue weighted by molar-refractivity contribution is 0.0101. The molecule has 4 nitrogen and oxygen atoms in total. The zero-order valence-electron chi connectivity index (χ0n) is 10.2. The van der Waals surface area contributed by atoms with Crippen molar-refractivity contribution in [3.05, 3.63) is 35.6 Å². The maximum absolute atomic E-state index is 12.7. The molecule has 0 spiro atoms. The van der Waals surface area contributed by atoms with Crippen molar-refractivity contribution in [2.24, 2.45) is 0 Å². The summed E-state index contributed by atoms with van der Waals surface area (Å²) in [6.45, 7) is 3.03. The van der Waals surface area contributed by atoms with Crippen LogP contribution >= 0.6 is 0 Å². The highest BCUT2D eigenvalue weighted by atomic mass is 32.2. The van der Waals surface area contributed by atoms with Gasteiger partial charge in [0.1, 0.15) is 5.82 Å². The fraction of sp³-hybridized carbons (Fsp3) is 0.500. The summed E-state index contributed by atoms with van der Waals surface area (Å²) in [4.78, 5) is 0. The van der Waals surface area contributed by atoms with Crippen LogP contribution in [0.5, 0.6) is 0 Å². The summed E-state index contributed by atoms with van der Waals surface area (Å²) in [5.41, 5.74) is 0.593. The number of morpholine rings is 1. The molecule has 18 heavy (non-hydrogen) atoms. The first kappa shape index (κ1) is 13.5. The third kappa shape index (κ3) is 3.28. The van der Waals surface area contributed by atoms with E-state index in [1.165, 1.54) is 28.6 Å². The van der Waals surface area contributed by atoms with E-state index in [4.69, 9.17) is 4.74 Å². The largest absolute Gasteiger partial charge is 0.376 e. The second kappa shape index (κ2) is 5.34. The Kier molecular flexibility index (Phi) is 3.99. The van der Waals surface area contributed by atoms with Crippen molar-refractivity contribution in [2.45, 2.75) is 18.8 Å². The van der Waals surface area contributed by atoms with E-state index in [0.717, 1.165) is 0 Å². The van der Waals surface area contributed by atoms with Crippen LogP contribution in [0.2, 0.25) is 0 Å². The molecular formula is C12H16FNO3S. The van der Waals surface area contributed by atoms with Crippen LogP contribution in [0.1, 0.15) is 12.5 Å². The van der Waals surface area contributed by atoms with Gasteiger partial charge in [0.2, 0.25) is 10.0 Å². The number of rotatable bonds is 3. The van der Waals surface area contributed by atoms with Gasteiger partial charge in [-0.15, -0.1) is 0 Å². The van der Waals surface area contributed by atoms with E-state index in [0.29, 0.717) is 25.3 Å². The number of sulfonamides is 1. The minimum absolute atomic E-state index is 0.0817. The second-order valence-corrected chi connectivity index (χ2v) is 6.39. The van der Waals surface area contributed by atoms with Gasteiger partial charge in [-0.1, -0.05) is 12.1 Å². The molecule has 1 atom stereocenters. The molecule has 0 aliphatic carbocycles. The molecule has 0 bridgehead atoms. The van der Waals surface area contributed by atoms with E-state index in [-0.39, 0.29) is 17.7 Å². The molecule has 1 aromatic carbocycles. The van der Waals surface area contributed by atoms with E-state index < -0.39 is 10.0 Å². The molecule has 0 radical (unpaired) electrons. The van der Waals surface area contributed by atoms with Gasteiger partial charge in [-0.25, -0.2) is 12.8 Å². The summed E-state index contributed by atoms with van der Waals surface area (Å²) < 4.78 is 43.8. The highest BCUT2D eigenvalue weighted by Gasteiger charge is 2.27. The molecule has 2 rings (SSSR count). The summed E-state index contributed by atoms with van der Waals surface area (Å²) >= 11 is 0. The van der Waals surface area contributed by atoms with Gasteiger partial charge >= 0.3 is 0 Å². The topological polar surface area (TPSA) is 46.6 Å². The Morgan fingerprint density at radius 1 is 1.39 bits per heavy atom. The van der Waals surface area contributed by atoms with Crippen molar-refractivity contribution in [3.8, 4) is 0 Å². The molecule has 1 aliphatic heterocycles. The lowest BCUT2D eigenvalue weighted by atomic mass is 10.2. The van der Waals surface area contributed by atoms with Crippen LogP contribution in [0.3, 0.4) is 0 Å². The molecule has 0 N–H and O–H groups in total. The van der Waals surface area contributed by atoms with Crippen molar-refractivity contribution in [3.63, 3.8) is 0 Å². The number of hydrogen-bond donors (Lipinski definition) is 0. The summed E-state index contributed by atoms with van der Waals surface area (Å²) in [5, 5.41) is 0. The van der Waals surface area contributed by atoms with Crippen molar-refractivity contribution in [2.75, 3.05) is 19.7 Å². The second-order valence-electron chi connectivity index (χ2n) is 4.42. The molecule has 1 aromatic rings. The maximum Gasteiger partial charge on any atom is 0.218 e. The van der Waals surface area contributed by atoms with Crippen molar-refractivity contribution in [1.29, 1.82) is 0 Å². The Labute approximate surface area is 106 Å². The monoisotopic (exact) mass is 273 g/mol. The molecular weight excluding hydrogens is 257 g/mol. The van der Waals surface area contributed by atoms with Gasteiger partial charge in [0.05, 0.1) is 18.5 Å². The van der Waals surface area contributed by atoms with Gasteiger partial charge in [0.15, 0.2) is 0 Å². The average Bonchev–Trinajstić information content (AvgIpc) is 2.32. The van der Waals surface area contributed by atoms with Gasteiger partial charge in [-0.3, -0.25) is 0 Å². The molecule has 1 heterocycles. The van der Waals surface area contributed by atoms with E-state index in [9.17, 15) is 12.8 Å². The Bertz CT molecular complexity index is 501. The number of benzene rings is 1. The summed E-state index contributed by atoms with van der Waals surface area (Å²) in [7, 11) is -3.35. The highest BCUT2D eigenvalue weighted by Crippen LogP contribution is 2.15. The molecule has 0 amide bonds. The van der Waals surface area contributed by atoms with E-state index in [1.54, 1.807) is 0 Å². The van der Waals surface area contributed by atoms with Crippen LogP contribution in [0, 0.1) is 5.82 Å². The fourth-order valence-corrected chi connectivity index (χ4v) is 3.51. The molecule has 100 valence electrons. The quantitative estimate of drug-likeness (QED) is 0.836. The molecule has 6 heteroatoms. The normalized spacial score (nSPS) is 22.0. The predicted molar refractivity (Wildman–Crippen MR) is 66.0 cm³/mol. The van der Waals surface area contributed by atoms with Crippen LogP contribution in [0.4, 0.5) is 4.39 Å². The third-order valence-electron chi connectivity index (χ3n) is 2.86. The minimum Gasteiger partial charge on any atom is -0.376 e. The molecule has 1 unspecified atom stereocenters. The standard InChI is InChI=1S/C12H16FNO3S/c1-10-8-14(6-7-17-10)18(15,16)9-11-2-4-12(13)5-3-11/h2-5,10H,6-9H2,1H3. The van der Waals surface area contributed by atoms with Crippen LogP contribution in [-0.4, -0.2) is 38.5 Å².